The fourth-order valence-electron chi connectivity index (χ4n) is 4.58. The fraction of sp³-hybridized carbons (Fsp3) is 0.367. The van der Waals surface area contributed by atoms with Crippen LogP contribution in [0.1, 0.15) is 49.0 Å². The zero-order valence-corrected chi connectivity index (χ0v) is 23.6. The molecule has 11 nitrogen and oxygen atoms in total. The Morgan fingerprint density at radius 1 is 0.902 bits per heavy atom. The zero-order chi connectivity index (χ0) is 29.0. The van der Waals surface area contributed by atoms with Crippen LogP contribution in [-0.4, -0.2) is 65.4 Å². The molecule has 5 N–H and O–H groups in total. The summed E-state index contributed by atoms with van der Waals surface area (Å²) in [7, 11) is 0. The van der Waals surface area contributed by atoms with E-state index in [0.717, 1.165) is 36.5 Å². The Labute approximate surface area is 240 Å². The molecule has 0 aliphatic carbocycles. The quantitative estimate of drug-likeness (QED) is 0.239. The molecule has 0 radical (unpaired) electrons. The van der Waals surface area contributed by atoms with Gasteiger partial charge in [0.05, 0.1) is 11.3 Å². The summed E-state index contributed by atoms with van der Waals surface area (Å²) in [6.07, 6.45) is 5.34. The minimum absolute atomic E-state index is 0.137. The van der Waals surface area contributed by atoms with Crippen LogP contribution in [0.3, 0.4) is 0 Å². The average Bonchev–Trinajstić information content (AvgIpc) is 2.97. The second kappa shape index (κ2) is 14.8. The first-order chi connectivity index (χ1) is 19.9. The largest absolute Gasteiger partial charge is 0.370 e. The molecule has 3 heterocycles. The molecule has 1 fully saturated rings. The molecule has 41 heavy (non-hydrogen) atoms. The van der Waals surface area contributed by atoms with Gasteiger partial charge in [0.2, 0.25) is 5.91 Å². The lowest BCUT2D eigenvalue weighted by atomic mass is 10.1. The molecule has 0 bridgehead atoms. The first-order valence-electron chi connectivity index (χ1n) is 14.0. The minimum atomic E-state index is -0.355. The van der Waals surface area contributed by atoms with E-state index in [1.54, 1.807) is 36.5 Å². The van der Waals surface area contributed by atoms with Crippen LogP contribution in [0.15, 0.2) is 54.7 Å². The maximum Gasteiger partial charge on any atom is 0.319 e. The highest BCUT2D eigenvalue weighted by atomic mass is 16.2. The molecule has 1 aliphatic rings. The Balaban J connectivity index is 1.31. The smallest absolute Gasteiger partial charge is 0.319 e. The van der Waals surface area contributed by atoms with Crippen LogP contribution in [0.25, 0.3) is 11.3 Å². The lowest BCUT2D eigenvalue weighted by molar-refractivity contribution is -0.114. The molecule has 216 valence electrons. The van der Waals surface area contributed by atoms with Gasteiger partial charge in [-0.2, -0.15) is 0 Å². The number of rotatable bonds is 11. The molecular formula is C30H38N8O3. The predicted octanol–water partition coefficient (Wildman–Crippen LogP) is 4.07. The summed E-state index contributed by atoms with van der Waals surface area (Å²) < 4.78 is 0. The Hall–Kier alpha value is -4.51. The number of nitrogens with zero attached hydrogens (tertiary/aromatic N) is 3. The van der Waals surface area contributed by atoms with Crippen molar-refractivity contribution in [2.75, 3.05) is 48.7 Å². The van der Waals surface area contributed by atoms with Gasteiger partial charge in [0, 0.05) is 50.6 Å². The number of carbonyl (C=O) groups is 3. The van der Waals surface area contributed by atoms with Crippen LogP contribution in [0.2, 0.25) is 0 Å². The topological polar surface area (TPSA) is 140 Å². The number of aromatic nitrogens is 2. The molecule has 1 saturated heterocycles. The summed E-state index contributed by atoms with van der Waals surface area (Å²) in [6.45, 7) is 7.97. The number of hydrogen-bond donors (Lipinski definition) is 5. The highest BCUT2D eigenvalue weighted by Crippen LogP contribution is 2.24. The Bertz CT molecular complexity index is 1320. The predicted molar refractivity (Wildman–Crippen MR) is 161 cm³/mol. The number of pyridine rings is 2. The van der Waals surface area contributed by atoms with E-state index in [4.69, 9.17) is 4.98 Å². The van der Waals surface area contributed by atoms with Crippen LogP contribution >= 0.6 is 0 Å². The molecule has 2 aromatic heterocycles. The van der Waals surface area contributed by atoms with Gasteiger partial charge in [-0.15, -0.1) is 0 Å². The number of nitrogens with one attached hydrogen (secondary N) is 5. The van der Waals surface area contributed by atoms with Crippen LogP contribution < -0.4 is 26.6 Å². The van der Waals surface area contributed by atoms with Crippen LogP contribution in [0.4, 0.5) is 22.1 Å². The number of hydrogen-bond acceptors (Lipinski definition) is 7. The van der Waals surface area contributed by atoms with E-state index < -0.39 is 0 Å². The summed E-state index contributed by atoms with van der Waals surface area (Å²) in [5, 5.41) is 14.4. The van der Waals surface area contributed by atoms with Crippen molar-refractivity contribution in [3.63, 3.8) is 0 Å². The third-order valence-corrected chi connectivity index (χ3v) is 6.67. The van der Waals surface area contributed by atoms with Crippen molar-refractivity contribution in [2.45, 2.75) is 39.7 Å². The number of urea groups is 1. The Morgan fingerprint density at radius 2 is 1.68 bits per heavy atom. The summed E-state index contributed by atoms with van der Waals surface area (Å²) >= 11 is 0. The van der Waals surface area contributed by atoms with Crippen molar-refractivity contribution < 1.29 is 14.4 Å². The zero-order valence-electron chi connectivity index (χ0n) is 23.6. The second-order valence-corrected chi connectivity index (χ2v) is 9.90. The van der Waals surface area contributed by atoms with Gasteiger partial charge in [-0.3, -0.25) is 9.59 Å². The number of piperidine rings is 1. The molecule has 11 heteroatoms. The van der Waals surface area contributed by atoms with Gasteiger partial charge in [-0.25, -0.2) is 14.8 Å². The van der Waals surface area contributed by atoms with Crippen molar-refractivity contribution in [1.82, 2.24) is 25.5 Å². The monoisotopic (exact) mass is 558 g/mol. The third kappa shape index (κ3) is 9.00. The molecule has 1 aromatic carbocycles. The van der Waals surface area contributed by atoms with Gasteiger partial charge in [0.25, 0.3) is 5.91 Å². The van der Waals surface area contributed by atoms with Gasteiger partial charge in [-0.05, 0) is 68.8 Å². The van der Waals surface area contributed by atoms with E-state index in [9.17, 15) is 14.4 Å². The van der Waals surface area contributed by atoms with E-state index in [1.807, 2.05) is 25.1 Å². The number of amides is 4. The fourth-order valence-corrected chi connectivity index (χ4v) is 4.58. The van der Waals surface area contributed by atoms with E-state index >= 15 is 0 Å². The van der Waals surface area contributed by atoms with Crippen LogP contribution in [0, 0.1) is 0 Å². The van der Waals surface area contributed by atoms with Gasteiger partial charge >= 0.3 is 6.03 Å². The second-order valence-electron chi connectivity index (χ2n) is 9.90. The van der Waals surface area contributed by atoms with Crippen molar-refractivity contribution in [1.29, 1.82) is 0 Å². The van der Waals surface area contributed by atoms with Crippen LogP contribution in [0.5, 0.6) is 0 Å². The van der Waals surface area contributed by atoms with Gasteiger partial charge < -0.3 is 31.5 Å². The summed E-state index contributed by atoms with van der Waals surface area (Å²) in [4.78, 5) is 47.6. The highest BCUT2D eigenvalue weighted by molar-refractivity contribution is 5.99. The van der Waals surface area contributed by atoms with E-state index in [1.165, 1.54) is 26.2 Å². The van der Waals surface area contributed by atoms with Crippen LogP contribution in [-0.2, 0) is 11.3 Å². The van der Waals surface area contributed by atoms with Gasteiger partial charge in [0.1, 0.15) is 11.6 Å². The summed E-state index contributed by atoms with van der Waals surface area (Å²) in [5.74, 6) is 0.670. The molecule has 3 aromatic rings. The van der Waals surface area contributed by atoms with E-state index in [2.05, 4.69) is 36.5 Å². The first kappa shape index (κ1) is 29.5. The van der Waals surface area contributed by atoms with Crippen molar-refractivity contribution in [3.05, 3.63) is 65.9 Å². The van der Waals surface area contributed by atoms with E-state index in [0.29, 0.717) is 36.0 Å². The molecule has 0 spiro atoms. The summed E-state index contributed by atoms with van der Waals surface area (Å²) in [6, 6.07) is 14.1. The lowest BCUT2D eigenvalue weighted by Gasteiger charge is -2.26. The standard InChI is InChI=1S/C30H38N8O3/c1-3-31-28-25(29(40)32-15-18-38-16-5-4-6-17-38)12-13-26(37-28)23-8-10-24(11-9-23)36-30(41)34-20-22-7-14-27(33-19-22)35-21(2)39/h7-14,19H,3-6,15-18,20H2,1-2H3,(H,31,37)(H,32,40)(H,33,35,39)(H2,34,36,41). The maximum absolute atomic E-state index is 12.9. The molecule has 1 aliphatic heterocycles. The van der Waals surface area contributed by atoms with Gasteiger partial charge in [0.15, 0.2) is 0 Å². The molecule has 0 atom stereocenters. The number of likely N-dealkylation sites (tertiary alicyclic amines) is 1. The van der Waals surface area contributed by atoms with E-state index in [-0.39, 0.29) is 24.4 Å². The number of benzene rings is 1. The Kier molecular flexibility index (Phi) is 10.6. The van der Waals surface area contributed by atoms with Crippen molar-refractivity contribution >= 4 is 35.2 Å². The summed E-state index contributed by atoms with van der Waals surface area (Å²) in [5.41, 5.74) is 3.52. The molecule has 4 amide bonds. The highest BCUT2D eigenvalue weighted by Gasteiger charge is 2.15. The molecule has 4 rings (SSSR count). The normalized spacial score (nSPS) is 13.2. The molecule has 0 unspecified atom stereocenters. The SMILES string of the molecule is CCNc1nc(-c2ccc(NC(=O)NCc3ccc(NC(C)=O)nc3)cc2)ccc1C(=O)NCCN1CCCCC1. The lowest BCUT2D eigenvalue weighted by Crippen LogP contribution is -2.37. The first-order valence-corrected chi connectivity index (χ1v) is 14.0. The van der Waals surface area contributed by atoms with Gasteiger partial charge in [-0.1, -0.05) is 24.6 Å². The third-order valence-electron chi connectivity index (χ3n) is 6.67. The number of anilines is 3. The van der Waals surface area contributed by atoms with Crippen molar-refractivity contribution in [3.8, 4) is 11.3 Å². The average molecular weight is 559 g/mol. The Morgan fingerprint density at radius 3 is 2.37 bits per heavy atom. The maximum atomic E-state index is 12.9. The minimum Gasteiger partial charge on any atom is -0.370 e. The number of carbonyl (C=O) groups excluding carboxylic acids is 3. The van der Waals surface area contributed by atoms with Crippen molar-refractivity contribution in [2.24, 2.45) is 0 Å². The molecule has 0 saturated carbocycles. The molecular weight excluding hydrogens is 520 g/mol.